The van der Waals surface area contributed by atoms with Crippen molar-refractivity contribution in [3.05, 3.63) is 23.3 Å². The first-order valence-electron chi connectivity index (χ1n) is 4.90. The van der Waals surface area contributed by atoms with Crippen LogP contribution in [-0.4, -0.2) is 13.1 Å². The number of nitrogens with one attached hydrogen (secondary N) is 1. The van der Waals surface area contributed by atoms with Crippen LogP contribution < -0.4 is 5.32 Å². The molecule has 1 N–H and O–H groups in total. The SMILES string of the molecule is CCCNCC1=CC(C)=CCC1. The Morgan fingerprint density at radius 2 is 2.33 bits per heavy atom. The van der Waals surface area contributed by atoms with E-state index >= 15 is 0 Å². The van der Waals surface area contributed by atoms with Crippen LogP contribution in [0.25, 0.3) is 0 Å². The summed E-state index contributed by atoms with van der Waals surface area (Å²) < 4.78 is 0. The molecule has 0 fully saturated rings. The molecule has 0 aromatic carbocycles. The van der Waals surface area contributed by atoms with E-state index in [2.05, 4.69) is 31.3 Å². The summed E-state index contributed by atoms with van der Waals surface area (Å²) in [5.41, 5.74) is 2.98. The first kappa shape index (κ1) is 9.53. The Kier molecular flexibility index (Phi) is 4.09. The van der Waals surface area contributed by atoms with Crippen molar-refractivity contribution in [3.63, 3.8) is 0 Å². The van der Waals surface area contributed by atoms with Gasteiger partial charge in [0.1, 0.15) is 0 Å². The molecule has 1 rings (SSSR count). The van der Waals surface area contributed by atoms with Gasteiger partial charge in [0, 0.05) is 6.54 Å². The molecule has 0 radical (unpaired) electrons. The molecule has 0 saturated carbocycles. The molecular weight excluding hydrogens is 146 g/mol. The molecule has 0 unspecified atom stereocenters. The maximum Gasteiger partial charge on any atom is 0.0167 e. The van der Waals surface area contributed by atoms with Gasteiger partial charge in [-0.1, -0.05) is 30.2 Å². The standard InChI is InChI=1S/C11H19N/c1-3-7-12-9-11-6-4-5-10(2)8-11/h5,8,12H,3-4,6-7,9H2,1-2H3. The average molecular weight is 165 g/mol. The summed E-state index contributed by atoms with van der Waals surface area (Å²) in [6.45, 7) is 6.60. The molecule has 0 bridgehead atoms. The van der Waals surface area contributed by atoms with Crippen LogP contribution >= 0.6 is 0 Å². The lowest BCUT2D eigenvalue weighted by Gasteiger charge is -2.11. The van der Waals surface area contributed by atoms with Gasteiger partial charge in [0.15, 0.2) is 0 Å². The summed E-state index contributed by atoms with van der Waals surface area (Å²) in [5.74, 6) is 0. The molecule has 1 nitrogen and oxygen atoms in total. The molecule has 0 aliphatic heterocycles. The van der Waals surface area contributed by atoms with Gasteiger partial charge in [-0.05, 0) is 32.7 Å². The third-order valence-corrected chi connectivity index (χ3v) is 2.14. The Morgan fingerprint density at radius 3 is 3.00 bits per heavy atom. The molecule has 1 heteroatoms. The fraction of sp³-hybridized carbons (Fsp3) is 0.636. The molecule has 12 heavy (non-hydrogen) atoms. The maximum absolute atomic E-state index is 3.43. The minimum Gasteiger partial charge on any atom is -0.313 e. The van der Waals surface area contributed by atoms with Gasteiger partial charge in [0.2, 0.25) is 0 Å². The predicted molar refractivity (Wildman–Crippen MR) is 54.2 cm³/mol. The van der Waals surface area contributed by atoms with Crippen molar-refractivity contribution in [1.82, 2.24) is 5.32 Å². The molecule has 0 atom stereocenters. The zero-order valence-electron chi connectivity index (χ0n) is 8.19. The van der Waals surface area contributed by atoms with E-state index < -0.39 is 0 Å². The highest BCUT2D eigenvalue weighted by atomic mass is 14.8. The number of hydrogen-bond acceptors (Lipinski definition) is 1. The summed E-state index contributed by atoms with van der Waals surface area (Å²) in [4.78, 5) is 0. The smallest absolute Gasteiger partial charge is 0.0167 e. The normalized spacial score (nSPS) is 17.2. The minimum atomic E-state index is 1.08. The molecule has 0 amide bonds. The maximum atomic E-state index is 3.43. The number of rotatable bonds is 4. The summed E-state index contributed by atoms with van der Waals surface area (Å²) in [6, 6.07) is 0. The van der Waals surface area contributed by atoms with Crippen LogP contribution in [0.4, 0.5) is 0 Å². The van der Waals surface area contributed by atoms with Crippen LogP contribution in [0.1, 0.15) is 33.1 Å². The lowest BCUT2D eigenvalue weighted by atomic mass is 10.0. The van der Waals surface area contributed by atoms with Gasteiger partial charge in [-0.15, -0.1) is 0 Å². The van der Waals surface area contributed by atoms with Crippen LogP contribution in [0, 0.1) is 0 Å². The highest BCUT2D eigenvalue weighted by Crippen LogP contribution is 2.15. The Labute approximate surface area is 75.6 Å². The Morgan fingerprint density at radius 1 is 1.50 bits per heavy atom. The monoisotopic (exact) mass is 165 g/mol. The van der Waals surface area contributed by atoms with Crippen molar-refractivity contribution in [2.24, 2.45) is 0 Å². The van der Waals surface area contributed by atoms with E-state index in [9.17, 15) is 0 Å². The second-order valence-corrected chi connectivity index (χ2v) is 3.47. The van der Waals surface area contributed by atoms with Gasteiger partial charge in [-0.25, -0.2) is 0 Å². The fourth-order valence-corrected chi connectivity index (χ4v) is 1.50. The first-order valence-corrected chi connectivity index (χ1v) is 4.90. The molecule has 1 aliphatic rings. The van der Waals surface area contributed by atoms with Crippen LogP contribution in [0.2, 0.25) is 0 Å². The van der Waals surface area contributed by atoms with Crippen LogP contribution in [0.5, 0.6) is 0 Å². The predicted octanol–water partition coefficient (Wildman–Crippen LogP) is 2.65. The number of allylic oxidation sites excluding steroid dienone is 3. The van der Waals surface area contributed by atoms with Crippen LogP contribution in [0.3, 0.4) is 0 Å². The molecule has 0 saturated heterocycles. The Bertz CT molecular complexity index is 189. The number of hydrogen-bond donors (Lipinski definition) is 1. The quantitative estimate of drug-likeness (QED) is 0.631. The molecule has 0 aromatic heterocycles. The average Bonchev–Trinajstić information content (AvgIpc) is 2.05. The van der Waals surface area contributed by atoms with Gasteiger partial charge in [-0.3, -0.25) is 0 Å². The van der Waals surface area contributed by atoms with Crippen molar-refractivity contribution < 1.29 is 0 Å². The molecule has 0 heterocycles. The van der Waals surface area contributed by atoms with Gasteiger partial charge in [0.25, 0.3) is 0 Å². The van der Waals surface area contributed by atoms with E-state index in [1.54, 1.807) is 5.57 Å². The third kappa shape index (κ3) is 3.22. The van der Waals surface area contributed by atoms with E-state index in [-0.39, 0.29) is 0 Å². The molecule has 0 aromatic rings. The summed E-state index contributed by atoms with van der Waals surface area (Å²) in [6.07, 6.45) is 8.32. The highest BCUT2D eigenvalue weighted by molar-refractivity contribution is 5.26. The van der Waals surface area contributed by atoms with E-state index in [0.717, 1.165) is 13.1 Å². The topological polar surface area (TPSA) is 12.0 Å². The second-order valence-electron chi connectivity index (χ2n) is 3.47. The van der Waals surface area contributed by atoms with Gasteiger partial charge in [0.05, 0.1) is 0 Å². The first-order chi connectivity index (χ1) is 5.83. The molecular formula is C11H19N. The lowest BCUT2D eigenvalue weighted by Crippen LogP contribution is -2.18. The minimum absolute atomic E-state index is 1.08. The largest absolute Gasteiger partial charge is 0.313 e. The summed E-state index contributed by atoms with van der Waals surface area (Å²) in [7, 11) is 0. The van der Waals surface area contributed by atoms with Gasteiger partial charge < -0.3 is 5.32 Å². The van der Waals surface area contributed by atoms with Crippen molar-refractivity contribution in [2.45, 2.75) is 33.1 Å². The molecule has 68 valence electrons. The van der Waals surface area contributed by atoms with Crippen molar-refractivity contribution >= 4 is 0 Å². The van der Waals surface area contributed by atoms with Gasteiger partial charge in [-0.2, -0.15) is 0 Å². The van der Waals surface area contributed by atoms with Crippen molar-refractivity contribution in [3.8, 4) is 0 Å². The van der Waals surface area contributed by atoms with Crippen molar-refractivity contribution in [1.29, 1.82) is 0 Å². The van der Waals surface area contributed by atoms with Crippen LogP contribution in [-0.2, 0) is 0 Å². The van der Waals surface area contributed by atoms with E-state index in [4.69, 9.17) is 0 Å². The van der Waals surface area contributed by atoms with E-state index in [1.165, 1.54) is 24.8 Å². The highest BCUT2D eigenvalue weighted by Gasteiger charge is 2.01. The van der Waals surface area contributed by atoms with Gasteiger partial charge >= 0.3 is 0 Å². The molecule has 1 aliphatic carbocycles. The zero-order valence-corrected chi connectivity index (χ0v) is 8.19. The fourth-order valence-electron chi connectivity index (χ4n) is 1.50. The molecule has 0 spiro atoms. The summed E-state index contributed by atoms with van der Waals surface area (Å²) >= 11 is 0. The summed E-state index contributed by atoms with van der Waals surface area (Å²) in [5, 5.41) is 3.43. The lowest BCUT2D eigenvalue weighted by molar-refractivity contribution is 0.695. The Balaban J connectivity index is 2.27. The third-order valence-electron chi connectivity index (χ3n) is 2.14. The second kappa shape index (κ2) is 5.15. The zero-order chi connectivity index (χ0) is 8.81. The van der Waals surface area contributed by atoms with E-state index in [1.807, 2.05) is 0 Å². The van der Waals surface area contributed by atoms with E-state index in [0.29, 0.717) is 0 Å². The Hall–Kier alpha value is -0.560. The van der Waals surface area contributed by atoms with Crippen LogP contribution in [0.15, 0.2) is 23.3 Å². The van der Waals surface area contributed by atoms with Crippen molar-refractivity contribution in [2.75, 3.05) is 13.1 Å².